The van der Waals surface area contributed by atoms with Crippen LogP contribution in [0.2, 0.25) is 0 Å². The number of aromatic hydroxyl groups is 1. The highest BCUT2D eigenvalue weighted by molar-refractivity contribution is 6.44. The van der Waals surface area contributed by atoms with Gasteiger partial charge in [0, 0.05) is 6.42 Å². The van der Waals surface area contributed by atoms with Crippen LogP contribution in [0, 0.1) is 0 Å². The van der Waals surface area contributed by atoms with Crippen LogP contribution in [-0.4, -0.2) is 22.1 Å². The zero-order chi connectivity index (χ0) is 12.1. The summed E-state index contributed by atoms with van der Waals surface area (Å²) in [6.45, 7) is 1.84. The molecule has 1 aromatic rings. The van der Waals surface area contributed by atoms with E-state index in [2.05, 4.69) is 0 Å². The Bertz CT molecular complexity index is 401. The summed E-state index contributed by atoms with van der Waals surface area (Å²) in [5, 5.41) is 8.25. The number of phenols is 1. The zero-order valence-electron chi connectivity index (χ0n) is 8.94. The first kappa shape index (κ1) is 12.7. The largest absolute Gasteiger partial charge is 0.507 e. The normalized spacial score (nSPS) is 12.1. The molecule has 0 saturated carbocycles. The maximum Gasteiger partial charge on any atom is 0.191 e. The molecule has 0 amide bonds. The molecule has 0 fully saturated rings. The second-order valence-electron chi connectivity index (χ2n) is 3.46. The number of Topliss-reactive ketones (excluding diaryl/α,β-unsaturated/α-hetero) is 2. The lowest BCUT2D eigenvalue weighted by atomic mass is 10.0. The second kappa shape index (κ2) is 5.66. The molecule has 4 heteroatoms. The number of hydrogen-bond acceptors (Lipinski definition) is 3. The minimum atomic E-state index is -1.20. The van der Waals surface area contributed by atoms with Crippen LogP contribution >= 0.6 is 11.6 Å². The Labute approximate surface area is 99.0 Å². The van der Waals surface area contributed by atoms with E-state index in [1.54, 1.807) is 12.1 Å². The zero-order valence-corrected chi connectivity index (χ0v) is 9.70. The van der Waals surface area contributed by atoms with Gasteiger partial charge < -0.3 is 5.11 Å². The SMILES string of the molecule is CCCC(=O)C(Cl)C(=O)c1ccccc1O. The maximum atomic E-state index is 11.8. The van der Waals surface area contributed by atoms with E-state index in [1.807, 2.05) is 6.92 Å². The summed E-state index contributed by atoms with van der Waals surface area (Å²) < 4.78 is 0. The molecule has 0 bridgehead atoms. The lowest BCUT2D eigenvalue weighted by Crippen LogP contribution is -2.24. The Morgan fingerprint density at radius 3 is 2.56 bits per heavy atom. The van der Waals surface area contributed by atoms with E-state index in [4.69, 9.17) is 11.6 Å². The van der Waals surface area contributed by atoms with Crippen LogP contribution in [0.4, 0.5) is 0 Å². The maximum absolute atomic E-state index is 11.8. The van der Waals surface area contributed by atoms with E-state index >= 15 is 0 Å². The number of alkyl halides is 1. The Morgan fingerprint density at radius 2 is 2.00 bits per heavy atom. The van der Waals surface area contributed by atoms with E-state index < -0.39 is 11.2 Å². The van der Waals surface area contributed by atoms with Crippen LogP contribution in [0.3, 0.4) is 0 Å². The summed E-state index contributed by atoms with van der Waals surface area (Å²) in [6.07, 6.45) is 0.920. The highest BCUT2D eigenvalue weighted by atomic mass is 35.5. The Hall–Kier alpha value is -1.35. The summed E-state index contributed by atoms with van der Waals surface area (Å²) in [7, 11) is 0. The quantitative estimate of drug-likeness (QED) is 0.489. The van der Waals surface area contributed by atoms with Gasteiger partial charge >= 0.3 is 0 Å². The van der Waals surface area contributed by atoms with Crippen molar-refractivity contribution in [2.24, 2.45) is 0 Å². The van der Waals surface area contributed by atoms with Crippen molar-refractivity contribution in [2.45, 2.75) is 25.1 Å². The lowest BCUT2D eigenvalue weighted by Gasteiger charge is -2.08. The van der Waals surface area contributed by atoms with Gasteiger partial charge in [-0.15, -0.1) is 11.6 Å². The Kier molecular flexibility index (Phi) is 4.50. The second-order valence-corrected chi connectivity index (χ2v) is 3.90. The molecule has 0 aromatic heterocycles. The number of halogens is 1. The van der Waals surface area contributed by atoms with Gasteiger partial charge in [-0.3, -0.25) is 9.59 Å². The van der Waals surface area contributed by atoms with Crippen LogP contribution in [0.15, 0.2) is 24.3 Å². The van der Waals surface area contributed by atoms with Gasteiger partial charge in [0.15, 0.2) is 16.9 Å². The third-order valence-electron chi connectivity index (χ3n) is 2.18. The molecular weight excluding hydrogens is 228 g/mol. The van der Waals surface area contributed by atoms with Crippen molar-refractivity contribution in [1.29, 1.82) is 0 Å². The van der Waals surface area contributed by atoms with Gasteiger partial charge in [-0.2, -0.15) is 0 Å². The van der Waals surface area contributed by atoms with Gasteiger partial charge in [-0.1, -0.05) is 19.1 Å². The number of rotatable bonds is 5. The Morgan fingerprint density at radius 1 is 1.38 bits per heavy atom. The summed E-state index contributed by atoms with van der Waals surface area (Å²) in [6, 6.07) is 6.05. The first-order chi connectivity index (χ1) is 7.57. The fraction of sp³-hybridized carbons (Fsp3) is 0.333. The smallest absolute Gasteiger partial charge is 0.191 e. The average molecular weight is 241 g/mol. The Balaban J connectivity index is 2.86. The van der Waals surface area contributed by atoms with E-state index in [0.717, 1.165) is 0 Å². The number of benzene rings is 1. The molecule has 1 aromatic carbocycles. The average Bonchev–Trinajstić information content (AvgIpc) is 2.28. The van der Waals surface area contributed by atoms with Gasteiger partial charge in [0.25, 0.3) is 0 Å². The molecule has 1 atom stereocenters. The number of carbonyl (C=O) groups excluding carboxylic acids is 2. The minimum Gasteiger partial charge on any atom is -0.507 e. The first-order valence-corrected chi connectivity index (χ1v) is 5.50. The molecule has 1 rings (SSSR count). The van der Waals surface area contributed by atoms with Crippen molar-refractivity contribution in [1.82, 2.24) is 0 Å². The van der Waals surface area contributed by atoms with Crippen molar-refractivity contribution in [2.75, 3.05) is 0 Å². The standard InChI is InChI=1S/C12H13ClO3/c1-2-5-10(15)11(13)12(16)8-6-3-4-7-9(8)14/h3-4,6-7,11,14H,2,5H2,1H3. The van der Waals surface area contributed by atoms with Crippen LogP contribution < -0.4 is 0 Å². The molecular formula is C12H13ClO3. The highest BCUT2D eigenvalue weighted by Gasteiger charge is 2.25. The summed E-state index contributed by atoms with van der Waals surface area (Å²) >= 11 is 5.76. The fourth-order valence-electron chi connectivity index (χ4n) is 1.34. The number of ketones is 2. The molecule has 0 radical (unpaired) electrons. The molecule has 0 spiro atoms. The molecule has 16 heavy (non-hydrogen) atoms. The van der Waals surface area contributed by atoms with Gasteiger partial charge in [0.1, 0.15) is 5.75 Å². The number of phenolic OH excluding ortho intramolecular Hbond substituents is 1. The molecule has 3 nitrogen and oxygen atoms in total. The third-order valence-corrected chi connectivity index (χ3v) is 2.62. The number of para-hydroxylation sites is 1. The van der Waals surface area contributed by atoms with E-state index in [0.29, 0.717) is 6.42 Å². The van der Waals surface area contributed by atoms with Crippen LogP contribution in [0.5, 0.6) is 5.75 Å². The molecule has 1 N–H and O–H groups in total. The van der Waals surface area contributed by atoms with Crippen LogP contribution in [0.1, 0.15) is 30.1 Å². The third kappa shape index (κ3) is 2.83. The summed E-state index contributed by atoms with van der Waals surface area (Å²) in [4.78, 5) is 23.2. The summed E-state index contributed by atoms with van der Waals surface area (Å²) in [5.41, 5.74) is 0.0898. The topological polar surface area (TPSA) is 54.4 Å². The van der Waals surface area contributed by atoms with Gasteiger partial charge in [-0.25, -0.2) is 0 Å². The van der Waals surface area contributed by atoms with Crippen LogP contribution in [-0.2, 0) is 4.79 Å². The molecule has 0 aliphatic rings. The van der Waals surface area contributed by atoms with Crippen LogP contribution in [0.25, 0.3) is 0 Å². The fourth-order valence-corrected chi connectivity index (χ4v) is 1.56. The van der Waals surface area contributed by atoms with Gasteiger partial charge in [0.05, 0.1) is 5.56 Å². The predicted octanol–water partition coefficient (Wildman–Crippen LogP) is 2.55. The van der Waals surface area contributed by atoms with Crippen molar-refractivity contribution in [3.8, 4) is 5.75 Å². The monoisotopic (exact) mass is 240 g/mol. The van der Waals surface area contributed by atoms with Crippen molar-refractivity contribution >= 4 is 23.2 Å². The highest BCUT2D eigenvalue weighted by Crippen LogP contribution is 2.20. The molecule has 0 heterocycles. The summed E-state index contributed by atoms with van der Waals surface area (Å²) in [5.74, 6) is -1.00. The van der Waals surface area contributed by atoms with Gasteiger partial charge in [0.2, 0.25) is 0 Å². The number of hydrogen-bond donors (Lipinski definition) is 1. The minimum absolute atomic E-state index is 0.0898. The van der Waals surface area contributed by atoms with E-state index in [-0.39, 0.29) is 23.5 Å². The van der Waals surface area contributed by atoms with E-state index in [9.17, 15) is 14.7 Å². The first-order valence-electron chi connectivity index (χ1n) is 5.07. The number of carbonyl (C=O) groups is 2. The molecule has 0 saturated heterocycles. The van der Waals surface area contributed by atoms with Crippen molar-refractivity contribution in [3.63, 3.8) is 0 Å². The van der Waals surface area contributed by atoms with Crippen molar-refractivity contribution in [3.05, 3.63) is 29.8 Å². The van der Waals surface area contributed by atoms with Crippen molar-refractivity contribution < 1.29 is 14.7 Å². The van der Waals surface area contributed by atoms with E-state index in [1.165, 1.54) is 12.1 Å². The molecule has 86 valence electrons. The molecule has 0 aliphatic heterocycles. The lowest BCUT2D eigenvalue weighted by molar-refractivity contribution is -0.118. The molecule has 0 aliphatic carbocycles. The van der Waals surface area contributed by atoms with Gasteiger partial charge in [-0.05, 0) is 18.6 Å². The molecule has 1 unspecified atom stereocenters. The predicted molar refractivity (Wildman–Crippen MR) is 62.0 cm³/mol.